The van der Waals surface area contributed by atoms with Gasteiger partial charge >= 0.3 is 0 Å². The van der Waals surface area contributed by atoms with E-state index in [4.69, 9.17) is 5.11 Å². The SMILES string of the molecule is CCC1Nc2cc(C)c(C)cc2N(CCO)C1=O. The number of nitrogens with zero attached hydrogens (tertiary/aromatic N) is 1. The maximum atomic E-state index is 12.3. The van der Waals surface area contributed by atoms with Crippen LogP contribution in [0.5, 0.6) is 0 Å². The largest absolute Gasteiger partial charge is 0.395 e. The maximum Gasteiger partial charge on any atom is 0.249 e. The lowest BCUT2D eigenvalue weighted by Gasteiger charge is -2.35. The van der Waals surface area contributed by atoms with Crippen molar-refractivity contribution in [3.63, 3.8) is 0 Å². The summed E-state index contributed by atoms with van der Waals surface area (Å²) < 4.78 is 0. The summed E-state index contributed by atoms with van der Waals surface area (Å²) in [6.07, 6.45) is 0.743. The third kappa shape index (κ3) is 2.08. The summed E-state index contributed by atoms with van der Waals surface area (Å²) in [6.45, 7) is 6.41. The molecule has 0 fully saturated rings. The molecule has 0 saturated carbocycles. The van der Waals surface area contributed by atoms with Crippen molar-refractivity contribution in [2.45, 2.75) is 33.2 Å². The molecule has 1 aliphatic rings. The molecule has 1 amide bonds. The Kier molecular flexibility index (Phi) is 3.57. The summed E-state index contributed by atoms with van der Waals surface area (Å²) in [6, 6.07) is 3.90. The van der Waals surface area contributed by atoms with Crippen LogP contribution in [-0.2, 0) is 4.79 Å². The van der Waals surface area contributed by atoms with Crippen LogP contribution in [0.1, 0.15) is 24.5 Å². The molecule has 1 atom stereocenters. The third-order valence-corrected chi connectivity index (χ3v) is 3.53. The number of carbonyl (C=O) groups excluding carboxylic acids is 1. The van der Waals surface area contributed by atoms with E-state index in [9.17, 15) is 4.79 Å². The van der Waals surface area contributed by atoms with E-state index in [1.54, 1.807) is 4.90 Å². The first kappa shape index (κ1) is 12.9. The van der Waals surface area contributed by atoms with Gasteiger partial charge in [-0.3, -0.25) is 4.79 Å². The number of fused-ring (bicyclic) bond motifs is 1. The molecule has 1 heterocycles. The Morgan fingerprint density at radius 2 is 2.00 bits per heavy atom. The molecule has 98 valence electrons. The topological polar surface area (TPSA) is 52.6 Å². The van der Waals surface area contributed by atoms with Crippen molar-refractivity contribution in [1.29, 1.82) is 0 Å². The molecule has 18 heavy (non-hydrogen) atoms. The average molecular weight is 248 g/mol. The zero-order valence-electron chi connectivity index (χ0n) is 11.2. The van der Waals surface area contributed by atoms with Gasteiger partial charge in [0.25, 0.3) is 0 Å². The van der Waals surface area contributed by atoms with E-state index in [1.807, 2.05) is 19.9 Å². The number of β-amino-alcohol motifs (C(OH)–C–C–N with tert-alkyl or cyclic N) is 1. The monoisotopic (exact) mass is 248 g/mol. The lowest BCUT2D eigenvalue weighted by molar-refractivity contribution is -0.119. The number of aliphatic hydroxyl groups excluding tert-OH is 1. The first-order valence-corrected chi connectivity index (χ1v) is 6.38. The first-order chi connectivity index (χ1) is 8.58. The van der Waals surface area contributed by atoms with Crippen molar-refractivity contribution >= 4 is 17.3 Å². The van der Waals surface area contributed by atoms with E-state index in [0.717, 1.165) is 23.4 Å². The van der Waals surface area contributed by atoms with Crippen LogP contribution >= 0.6 is 0 Å². The van der Waals surface area contributed by atoms with Gasteiger partial charge in [-0.2, -0.15) is 0 Å². The second kappa shape index (κ2) is 4.98. The molecule has 1 aromatic carbocycles. The molecule has 0 aliphatic carbocycles. The van der Waals surface area contributed by atoms with Crippen molar-refractivity contribution in [2.24, 2.45) is 0 Å². The number of nitrogens with one attached hydrogen (secondary N) is 1. The number of aryl methyl sites for hydroxylation is 2. The molecular formula is C14H20N2O2. The van der Waals surface area contributed by atoms with Crippen LogP contribution in [-0.4, -0.2) is 30.2 Å². The predicted octanol–water partition coefficient (Wildman–Crippen LogP) is 1.83. The van der Waals surface area contributed by atoms with E-state index in [-0.39, 0.29) is 18.6 Å². The number of carbonyl (C=O) groups is 1. The summed E-state index contributed by atoms with van der Waals surface area (Å²) in [5.41, 5.74) is 4.22. The molecule has 4 heteroatoms. The Morgan fingerprint density at radius 1 is 1.33 bits per heavy atom. The van der Waals surface area contributed by atoms with Gasteiger partial charge in [-0.05, 0) is 43.5 Å². The molecular weight excluding hydrogens is 228 g/mol. The number of rotatable bonds is 3. The normalized spacial score (nSPS) is 18.6. The average Bonchev–Trinajstić information content (AvgIpc) is 2.35. The second-order valence-corrected chi connectivity index (χ2v) is 4.77. The van der Waals surface area contributed by atoms with Gasteiger partial charge in [0.2, 0.25) is 5.91 Å². The molecule has 2 rings (SSSR count). The Labute approximate surface area is 108 Å². The third-order valence-electron chi connectivity index (χ3n) is 3.53. The van der Waals surface area contributed by atoms with Gasteiger partial charge in [0.05, 0.1) is 18.0 Å². The molecule has 1 unspecified atom stereocenters. The van der Waals surface area contributed by atoms with Crippen molar-refractivity contribution in [1.82, 2.24) is 0 Å². The van der Waals surface area contributed by atoms with Crippen LogP contribution in [0.2, 0.25) is 0 Å². The van der Waals surface area contributed by atoms with Gasteiger partial charge < -0.3 is 15.3 Å². The van der Waals surface area contributed by atoms with Crippen molar-refractivity contribution in [2.75, 3.05) is 23.4 Å². The minimum Gasteiger partial charge on any atom is -0.395 e. The molecule has 0 aromatic heterocycles. The van der Waals surface area contributed by atoms with Crippen LogP contribution in [0.15, 0.2) is 12.1 Å². The van der Waals surface area contributed by atoms with Crippen molar-refractivity contribution in [3.8, 4) is 0 Å². The van der Waals surface area contributed by atoms with Crippen LogP contribution in [0, 0.1) is 13.8 Å². The number of anilines is 2. The van der Waals surface area contributed by atoms with Crippen LogP contribution in [0.4, 0.5) is 11.4 Å². The fraction of sp³-hybridized carbons (Fsp3) is 0.500. The molecule has 0 spiro atoms. The maximum absolute atomic E-state index is 12.3. The minimum absolute atomic E-state index is 0.0193. The molecule has 4 nitrogen and oxygen atoms in total. The standard InChI is InChI=1S/C14H20N2O2/c1-4-11-14(18)16(5-6-17)13-8-10(3)9(2)7-12(13)15-11/h7-8,11,15,17H,4-6H2,1-3H3. The summed E-state index contributed by atoms with van der Waals surface area (Å²) in [7, 11) is 0. The Hall–Kier alpha value is -1.55. The number of hydrogen-bond donors (Lipinski definition) is 2. The number of benzene rings is 1. The lowest BCUT2D eigenvalue weighted by atomic mass is 10.0. The summed E-state index contributed by atoms with van der Waals surface area (Å²) in [5, 5.41) is 12.4. The van der Waals surface area contributed by atoms with Crippen molar-refractivity contribution in [3.05, 3.63) is 23.3 Å². The molecule has 1 aliphatic heterocycles. The van der Waals surface area contributed by atoms with E-state index >= 15 is 0 Å². The zero-order valence-corrected chi connectivity index (χ0v) is 11.2. The highest BCUT2D eigenvalue weighted by molar-refractivity contribution is 6.05. The number of hydrogen-bond acceptors (Lipinski definition) is 3. The highest BCUT2D eigenvalue weighted by Crippen LogP contribution is 2.34. The van der Waals surface area contributed by atoms with Gasteiger partial charge in [0.15, 0.2) is 0 Å². The highest BCUT2D eigenvalue weighted by atomic mass is 16.3. The fourth-order valence-electron chi connectivity index (χ4n) is 2.30. The Morgan fingerprint density at radius 3 is 2.61 bits per heavy atom. The van der Waals surface area contributed by atoms with Crippen LogP contribution in [0.25, 0.3) is 0 Å². The van der Waals surface area contributed by atoms with Crippen LogP contribution < -0.4 is 10.2 Å². The lowest BCUT2D eigenvalue weighted by Crippen LogP contribution is -2.48. The van der Waals surface area contributed by atoms with Gasteiger partial charge in [-0.25, -0.2) is 0 Å². The van der Waals surface area contributed by atoms with E-state index in [2.05, 4.69) is 18.3 Å². The summed E-state index contributed by atoms with van der Waals surface area (Å²) in [5.74, 6) is 0.0438. The quantitative estimate of drug-likeness (QED) is 0.858. The van der Waals surface area contributed by atoms with Gasteiger partial charge in [0.1, 0.15) is 6.04 Å². The zero-order chi connectivity index (χ0) is 13.3. The molecule has 1 aromatic rings. The fourth-order valence-corrected chi connectivity index (χ4v) is 2.30. The van der Waals surface area contributed by atoms with Gasteiger partial charge in [0, 0.05) is 6.54 Å². The number of amides is 1. The molecule has 0 radical (unpaired) electrons. The predicted molar refractivity (Wildman–Crippen MR) is 73.1 cm³/mol. The van der Waals surface area contributed by atoms with Crippen LogP contribution in [0.3, 0.4) is 0 Å². The van der Waals surface area contributed by atoms with E-state index in [1.165, 1.54) is 5.56 Å². The van der Waals surface area contributed by atoms with Crippen molar-refractivity contribution < 1.29 is 9.90 Å². The van der Waals surface area contributed by atoms with Gasteiger partial charge in [-0.1, -0.05) is 6.92 Å². The second-order valence-electron chi connectivity index (χ2n) is 4.77. The smallest absolute Gasteiger partial charge is 0.249 e. The summed E-state index contributed by atoms with van der Waals surface area (Å²) >= 11 is 0. The minimum atomic E-state index is -0.189. The molecule has 0 bridgehead atoms. The van der Waals surface area contributed by atoms with E-state index in [0.29, 0.717) is 6.54 Å². The van der Waals surface area contributed by atoms with E-state index < -0.39 is 0 Å². The van der Waals surface area contributed by atoms with Gasteiger partial charge in [-0.15, -0.1) is 0 Å². The Balaban J connectivity index is 2.48. The molecule has 2 N–H and O–H groups in total. The highest BCUT2D eigenvalue weighted by Gasteiger charge is 2.31. The number of aliphatic hydroxyl groups is 1. The first-order valence-electron chi connectivity index (χ1n) is 6.38. The Bertz CT molecular complexity index is 471. The molecule has 0 saturated heterocycles. The summed E-state index contributed by atoms with van der Waals surface area (Å²) in [4.78, 5) is 13.9.